The summed E-state index contributed by atoms with van der Waals surface area (Å²) < 4.78 is 68.7. The summed E-state index contributed by atoms with van der Waals surface area (Å²) in [5, 5.41) is 10.6. The fourth-order valence-corrected chi connectivity index (χ4v) is 13.6. The third kappa shape index (κ3) is 68.5. The quantitative estimate of drug-likeness (QED) is 0.0222. The number of carbonyl (C=O) groups is 4. The van der Waals surface area contributed by atoms with Crippen molar-refractivity contribution in [2.75, 3.05) is 39.6 Å². The second-order valence-corrected chi connectivity index (χ2v) is 32.6. The number of hydrogen-bond acceptors (Lipinski definition) is 15. The Morgan fingerprint density at radius 2 is 0.490 bits per heavy atom. The van der Waals surface area contributed by atoms with Gasteiger partial charge in [0.25, 0.3) is 0 Å². The third-order valence-corrected chi connectivity index (χ3v) is 21.3. The van der Waals surface area contributed by atoms with Crippen molar-refractivity contribution in [3.05, 3.63) is 0 Å². The Balaban J connectivity index is 5.28. The Morgan fingerprint density at radius 3 is 0.724 bits per heavy atom. The molecule has 17 nitrogen and oxygen atoms in total. The van der Waals surface area contributed by atoms with Crippen molar-refractivity contribution in [2.45, 2.75) is 420 Å². The van der Waals surface area contributed by atoms with Gasteiger partial charge < -0.3 is 33.8 Å². The molecule has 0 saturated carbocycles. The van der Waals surface area contributed by atoms with Crippen LogP contribution in [0.15, 0.2) is 0 Å². The first-order chi connectivity index (χ1) is 47.2. The summed E-state index contributed by atoms with van der Waals surface area (Å²) >= 11 is 0. The van der Waals surface area contributed by atoms with Crippen molar-refractivity contribution in [1.29, 1.82) is 0 Å². The van der Waals surface area contributed by atoms with Gasteiger partial charge in [0.05, 0.1) is 26.4 Å². The van der Waals surface area contributed by atoms with Crippen molar-refractivity contribution >= 4 is 39.5 Å². The number of carbonyl (C=O) groups excluding carboxylic acids is 4. The van der Waals surface area contributed by atoms with E-state index in [0.717, 1.165) is 114 Å². The lowest BCUT2D eigenvalue weighted by Gasteiger charge is -2.21. The molecular formula is C79H154O17P2. The molecule has 0 heterocycles. The van der Waals surface area contributed by atoms with Gasteiger partial charge in [-0.15, -0.1) is 0 Å². The van der Waals surface area contributed by atoms with Gasteiger partial charge >= 0.3 is 39.5 Å². The lowest BCUT2D eigenvalue weighted by molar-refractivity contribution is -0.161. The number of aliphatic hydroxyl groups excluding tert-OH is 1. The van der Waals surface area contributed by atoms with Crippen LogP contribution in [0.5, 0.6) is 0 Å². The SMILES string of the molecule is CCC(C)CCCCCCCCCCCCCCCCC(=O)O[C@H](COC(=O)CCCCCCCCCCCCC(C)CC)COP(=O)(O)OC[C@@H](O)COP(=O)(O)OC[C@@H](COC(=O)CCCCCCCCCCCC(C)C)OC(=O)CCCCCCCCCCCCC(C)CC. The summed E-state index contributed by atoms with van der Waals surface area (Å²) in [4.78, 5) is 73.0. The second kappa shape index (κ2) is 68.2. The Labute approximate surface area is 600 Å². The standard InChI is InChI=1S/C79H154O17P2/c1-9-70(6)56-48-40-32-24-16-14-12-13-15-17-28-37-45-53-61-78(83)95-74(65-89-76(81)59-51-43-35-27-20-18-25-33-41-49-57-71(7)10-2)67-93-97(85,86)91-63-73(80)64-92-98(87,88)94-68-75(66-90-77(82)60-52-44-36-30-22-23-31-39-47-55-69(4)5)96-79(84)62-54-46-38-29-21-19-26-34-42-50-58-72(8)11-3/h69-75,80H,9-68H2,1-8H3,(H,85,86)(H,87,88)/t70?,71?,72?,73-,74-,75-/m1/s1. The molecule has 0 amide bonds. The highest BCUT2D eigenvalue weighted by atomic mass is 31.2. The molecule has 3 N–H and O–H groups in total. The Kier molecular flexibility index (Phi) is 66.8. The van der Waals surface area contributed by atoms with Crippen molar-refractivity contribution in [3.63, 3.8) is 0 Å². The number of unbranched alkanes of at least 4 members (excludes halogenated alkanes) is 39. The lowest BCUT2D eigenvalue weighted by Crippen LogP contribution is -2.30. The van der Waals surface area contributed by atoms with E-state index in [2.05, 4.69) is 55.4 Å². The summed E-state index contributed by atoms with van der Waals surface area (Å²) in [7, 11) is -9.92. The molecule has 0 aromatic rings. The molecule has 8 atom stereocenters. The van der Waals surface area contributed by atoms with Crippen LogP contribution in [0, 0.1) is 23.7 Å². The fraction of sp³-hybridized carbons (Fsp3) is 0.949. The average molecular weight is 1440 g/mol. The minimum atomic E-state index is -4.96. The smallest absolute Gasteiger partial charge is 0.462 e. The van der Waals surface area contributed by atoms with Gasteiger partial charge in [-0.2, -0.15) is 0 Å². The predicted molar refractivity (Wildman–Crippen MR) is 400 cm³/mol. The van der Waals surface area contributed by atoms with Gasteiger partial charge in [0.2, 0.25) is 0 Å². The molecular weight excluding hydrogens is 1280 g/mol. The van der Waals surface area contributed by atoms with Crippen LogP contribution in [-0.4, -0.2) is 96.7 Å². The Bertz CT molecular complexity index is 1930. The van der Waals surface area contributed by atoms with Crippen LogP contribution in [0.1, 0.15) is 402 Å². The molecule has 582 valence electrons. The highest BCUT2D eigenvalue weighted by Crippen LogP contribution is 2.45. The molecule has 0 aromatic heterocycles. The fourth-order valence-electron chi connectivity index (χ4n) is 12.0. The zero-order valence-corrected chi connectivity index (χ0v) is 66.2. The normalized spacial score (nSPS) is 14.9. The molecule has 0 aliphatic rings. The molecule has 0 saturated heterocycles. The number of esters is 4. The summed E-state index contributed by atoms with van der Waals surface area (Å²) in [6.45, 7) is 14.3. The Morgan fingerprint density at radius 1 is 0.286 bits per heavy atom. The van der Waals surface area contributed by atoms with Gasteiger partial charge in [-0.3, -0.25) is 37.3 Å². The van der Waals surface area contributed by atoms with E-state index < -0.39 is 97.5 Å². The lowest BCUT2D eigenvalue weighted by atomic mass is 9.99. The minimum absolute atomic E-state index is 0.106. The highest BCUT2D eigenvalue weighted by molar-refractivity contribution is 7.47. The van der Waals surface area contributed by atoms with Gasteiger partial charge in [0.15, 0.2) is 12.2 Å². The van der Waals surface area contributed by atoms with Crippen LogP contribution >= 0.6 is 15.6 Å². The van der Waals surface area contributed by atoms with Gasteiger partial charge in [-0.1, -0.05) is 351 Å². The summed E-state index contributed by atoms with van der Waals surface area (Å²) in [5.74, 6) is 1.09. The number of rotatable bonds is 76. The number of hydrogen-bond donors (Lipinski definition) is 3. The zero-order chi connectivity index (χ0) is 72.4. The molecule has 0 radical (unpaired) electrons. The van der Waals surface area contributed by atoms with E-state index in [-0.39, 0.29) is 25.7 Å². The van der Waals surface area contributed by atoms with Crippen LogP contribution in [-0.2, 0) is 65.4 Å². The zero-order valence-electron chi connectivity index (χ0n) is 64.4. The van der Waals surface area contributed by atoms with Gasteiger partial charge in [0, 0.05) is 25.7 Å². The summed E-state index contributed by atoms with van der Waals surface area (Å²) in [5.41, 5.74) is 0. The van der Waals surface area contributed by atoms with Crippen molar-refractivity contribution < 1.29 is 80.2 Å². The van der Waals surface area contributed by atoms with E-state index in [4.69, 9.17) is 37.0 Å². The Hall–Kier alpha value is -1.94. The molecule has 98 heavy (non-hydrogen) atoms. The largest absolute Gasteiger partial charge is 0.472 e. The molecule has 5 unspecified atom stereocenters. The summed E-state index contributed by atoms with van der Waals surface area (Å²) in [6.07, 6.45) is 53.8. The second-order valence-electron chi connectivity index (χ2n) is 29.7. The molecule has 0 bridgehead atoms. The predicted octanol–water partition coefficient (Wildman–Crippen LogP) is 23.2. The van der Waals surface area contributed by atoms with Crippen LogP contribution in [0.3, 0.4) is 0 Å². The van der Waals surface area contributed by atoms with Crippen molar-refractivity contribution in [2.24, 2.45) is 23.7 Å². The molecule has 0 aliphatic heterocycles. The highest BCUT2D eigenvalue weighted by Gasteiger charge is 2.30. The number of ether oxygens (including phenoxy) is 4. The van der Waals surface area contributed by atoms with E-state index in [9.17, 15) is 43.2 Å². The van der Waals surface area contributed by atoms with Crippen LogP contribution < -0.4 is 0 Å². The van der Waals surface area contributed by atoms with Crippen LogP contribution in [0.4, 0.5) is 0 Å². The molecule has 19 heteroatoms. The molecule has 0 fully saturated rings. The maximum absolute atomic E-state index is 13.1. The monoisotopic (exact) mass is 1440 g/mol. The van der Waals surface area contributed by atoms with Crippen molar-refractivity contribution in [3.8, 4) is 0 Å². The van der Waals surface area contributed by atoms with E-state index in [1.807, 2.05) is 0 Å². The van der Waals surface area contributed by atoms with E-state index in [1.165, 1.54) is 205 Å². The number of phosphoric ester groups is 2. The molecule has 0 spiro atoms. The number of aliphatic hydroxyl groups is 1. The van der Waals surface area contributed by atoms with Crippen molar-refractivity contribution in [1.82, 2.24) is 0 Å². The maximum Gasteiger partial charge on any atom is 0.472 e. The number of phosphoric acid groups is 2. The first-order valence-electron chi connectivity index (χ1n) is 40.8. The maximum atomic E-state index is 13.1. The average Bonchev–Trinajstić information content (AvgIpc) is 1.03. The van der Waals surface area contributed by atoms with E-state index in [0.29, 0.717) is 25.7 Å². The molecule has 0 aromatic carbocycles. The van der Waals surface area contributed by atoms with Crippen LogP contribution in [0.25, 0.3) is 0 Å². The minimum Gasteiger partial charge on any atom is -0.462 e. The topological polar surface area (TPSA) is 237 Å². The van der Waals surface area contributed by atoms with Gasteiger partial charge in [-0.05, 0) is 49.4 Å². The van der Waals surface area contributed by atoms with Gasteiger partial charge in [-0.25, -0.2) is 9.13 Å². The molecule has 0 aliphatic carbocycles. The molecule has 0 rings (SSSR count). The first-order valence-corrected chi connectivity index (χ1v) is 43.8. The van der Waals surface area contributed by atoms with Crippen LogP contribution in [0.2, 0.25) is 0 Å². The van der Waals surface area contributed by atoms with Gasteiger partial charge in [0.1, 0.15) is 19.3 Å². The van der Waals surface area contributed by atoms with E-state index in [1.54, 1.807) is 0 Å². The van der Waals surface area contributed by atoms with E-state index >= 15 is 0 Å². The third-order valence-electron chi connectivity index (χ3n) is 19.4. The first kappa shape index (κ1) is 96.1. The summed E-state index contributed by atoms with van der Waals surface area (Å²) in [6, 6.07) is 0.